The monoisotopic (exact) mass is 584 g/mol. The lowest BCUT2D eigenvalue weighted by atomic mass is 9.96. The average Bonchev–Trinajstić information content (AvgIpc) is 3.52. The number of nitrogens with one attached hydrogen (secondary N) is 1. The molecule has 4 heterocycles. The summed E-state index contributed by atoms with van der Waals surface area (Å²) in [6, 6.07) is 20.8. The Morgan fingerprint density at radius 1 is 1.05 bits per heavy atom. The Balaban J connectivity index is 1.46. The number of aromatic nitrogens is 2. The van der Waals surface area contributed by atoms with E-state index in [1.165, 1.54) is 13.2 Å². The second-order valence-corrected chi connectivity index (χ2v) is 10.8. The van der Waals surface area contributed by atoms with Crippen molar-refractivity contribution in [2.75, 3.05) is 43.2 Å². The molecular weight excluding hydrogens is 552 g/mol. The molecule has 0 unspecified atom stereocenters. The zero-order chi connectivity index (χ0) is 29.4. The molecule has 1 N–H and O–H groups in total. The number of morpholine rings is 1. The molecule has 2 aromatic heterocycles. The molecule has 2 fully saturated rings. The summed E-state index contributed by atoms with van der Waals surface area (Å²) in [5.41, 5.74) is 6.15. The molecule has 4 aromatic rings. The Kier molecular flexibility index (Phi) is 7.53. The molecule has 0 spiro atoms. The topological polar surface area (TPSA) is 97.9 Å². The predicted molar refractivity (Wildman–Crippen MR) is 166 cm³/mol. The van der Waals surface area contributed by atoms with Crippen molar-refractivity contribution in [2.45, 2.75) is 25.9 Å². The molecule has 2 aliphatic heterocycles. The molecule has 0 radical (unpaired) electrons. The largest absolute Gasteiger partial charge is 0.496 e. The van der Waals surface area contributed by atoms with Crippen LogP contribution < -0.4 is 19.9 Å². The SMILES string of the molecule is COc1ccc(-n2c(C)cc([C@H]3[C@H](c4ccccn4)NC(=S)N3c3ccc(N4CCOCC4)cc3)c2C)c([N+](=O)[O-])c1. The van der Waals surface area contributed by atoms with Crippen molar-refractivity contribution >= 4 is 34.4 Å². The maximum absolute atomic E-state index is 12.1. The van der Waals surface area contributed by atoms with Crippen molar-refractivity contribution in [2.24, 2.45) is 0 Å². The van der Waals surface area contributed by atoms with E-state index in [-0.39, 0.29) is 22.7 Å². The summed E-state index contributed by atoms with van der Waals surface area (Å²) in [4.78, 5) is 20.8. The smallest absolute Gasteiger partial charge is 0.296 e. The number of nitro benzene ring substituents is 1. The quantitative estimate of drug-likeness (QED) is 0.173. The molecule has 0 saturated carbocycles. The summed E-state index contributed by atoms with van der Waals surface area (Å²) in [6.07, 6.45) is 1.78. The number of aryl methyl sites for hydroxylation is 1. The lowest BCUT2D eigenvalue weighted by molar-refractivity contribution is -0.384. The van der Waals surface area contributed by atoms with Crippen molar-refractivity contribution in [3.05, 3.63) is 106 Å². The zero-order valence-corrected chi connectivity index (χ0v) is 24.5. The zero-order valence-electron chi connectivity index (χ0n) is 23.7. The van der Waals surface area contributed by atoms with E-state index in [2.05, 4.69) is 50.4 Å². The Morgan fingerprint density at radius 2 is 1.79 bits per heavy atom. The number of methoxy groups -OCH3 is 1. The molecule has 2 saturated heterocycles. The van der Waals surface area contributed by atoms with Crippen LogP contribution in [0.2, 0.25) is 0 Å². The van der Waals surface area contributed by atoms with E-state index in [0.29, 0.717) is 16.5 Å². The number of benzene rings is 2. The van der Waals surface area contributed by atoms with E-state index in [9.17, 15) is 10.1 Å². The van der Waals surface area contributed by atoms with Gasteiger partial charge in [-0.1, -0.05) is 6.07 Å². The third-order valence-corrected chi connectivity index (χ3v) is 8.33. The van der Waals surface area contributed by atoms with Gasteiger partial charge in [0.05, 0.1) is 49.1 Å². The van der Waals surface area contributed by atoms with Crippen LogP contribution in [0.15, 0.2) is 72.9 Å². The highest BCUT2D eigenvalue weighted by Gasteiger charge is 2.42. The van der Waals surface area contributed by atoms with Gasteiger partial charge in [-0.3, -0.25) is 15.1 Å². The van der Waals surface area contributed by atoms with Crippen molar-refractivity contribution < 1.29 is 14.4 Å². The average molecular weight is 585 g/mol. The van der Waals surface area contributed by atoms with Crippen LogP contribution in [0, 0.1) is 24.0 Å². The van der Waals surface area contributed by atoms with Crippen molar-refractivity contribution in [1.82, 2.24) is 14.9 Å². The first-order chi connectivity index (χ1) is 20.4. The van der Waals surface area contributed by atoms with Crippen LogP contribution in [0.3, 0.4) is 0 Å². The maximum atomic E-state index is 12.1. The van der Waals surface area contributed by atoms with Gasteiger partial charge in [0, 0.05) is 42.0 Å². The van der Waals surface area contributed by atoms with Gasteiger partial charge in [0.25, 0.3) is 5.69 Å². The number of anilines is 2. The Morgan fingerprint density at radius 3 is 2.45 bits per heavy atom. The molecule has 11 heteroatoms. The summed E-state index contributed by atoms with van der Waals surface area (Å²) in [6.45, 7) is 7.11. The number of pyridine rings is 1. The van der Waals surface area contributed by atoms with Gasteiger partial charge in [0.2, 0.25) is 0 Å². The van der Waals surface area contributed by atoms with Crippen LogP contribution in [-0.4, -0.2) is 53.0 Å². The number of thiocarbonyl (C=S) groups is 1. The predicted octanol–water partition coefficient (Wildman–Crippen LogP) is 5.42. The van der Waals surface area contributed by atoms with Gasteiger partial charge in [-0.2, -0.15) is 0 Å². The van der Waals surface area contributed by atoms with E-state index < -0.39 is 0 Å². The Labute approximate surface area is 249 Å². The van der Waals surface area contributed by atoms with Crippen LogP contribution in [0.1, 0.15) is 34.7 Å². The van der Waals surface area contributed by atoms with Gasteiger partial charge in [0.1, 0.15) is 11.4 Å². The van der Waals surface area contributed by atoms with E-state index in [0.717, 1.165) is 60.3 Å². The lowest BCUT2D eigenvalue weighted by Gasteiger charge is -2.31. The minimum Gasteiger partial charge on any atom is -0.496 e. The number of nitro groups is 1. The molecule has 6 rings (SSSR count). The molecule has 2 atom stereocenters. The first-order valence-corrected chi connectivity index (χ1v) is 14.2. The van der Waals surface area contributed by atoms with Gasteiger partial charge < -0.3 is 29.2 Å². The van der Waals surface area contributed by atoms with Crippen LogP contribution in [0.5, 0.6) is 5.75 Å². The van der Waals surface area contributed by atoms with Crippen LogP contribution >= 0.6 is 12.2 Å². The summed E-state index contributed by atoms with van der Waals surface area (Å²) >= 11 is 5.94. The normalized spacial score (nSPS) is 18.7. The van der Waals surface area contributed by atoms with E-state index >= 15 is 0 Å². The lowest BCUT2D eigenvalue weighted by Crippen LogP contribution is -2.36. The molecule has 0 bridgehead atoms. The fourth-order valence-electron chi connectivity index (χ4n) is 6.02. The van der Waals surface area contributed by atoms with Gasteiger partial charge >= 0.3 is 0 Å². The van der Waals surface area contributed by atoms with Crippen molar-refractivity contribution in [3.63, 3.8) is 0 Å². The molecule has 42 heavy (non-hydrogen) atoms. The molecule has 0 aliphatic carbocycles. The van der Waals surface area contributed by atoms with Crippen LogP contribution in [-0.2, 0) is 4.74 Å². The molecule has 2 aliphatic rings. The second-order valence-electron chi connectivity index (χ2n) is 10.4. The van der Waals surface area contributed by atoms with E-state index in [1.54, 1.807) is 18.3 Å². The number of hydrogen-bond donors (Lipinski definition) is 1. The first-order valence-electron chi connectivity index (χ1n) is 13.8. The maximum Gasteiger partial charge on any atom is 0.296 e. The summed E-state index contributed by atoms with van der Waals surface area (Å²) in [7, 11) is 1.50. The van der Waals surface area contributed by atoms with E-state index in [4.69, 9.17) is 21.7 Å². The number of hydrogen-bond acceptors (Lipinski definition) is 7. The molecule has 10 nitrogen and oxygen atoms in total. The fraction of sp³-hybridized carbons (Fsp3) is 0.290. The standard InChI is InChI=1S/C31H32N6O4S/c1-20-18-25(21(2)35(20)27-12-11-24(40-3)19-28(27)37(38)39)30-29(26-6-4-5-13-32-26)33-31(42)36(30)23-9-7-22(8-10-23)34-14-16-41-17-15-34/h4-13,18-19,29-30H,14-17H2,1-3H3,(H,33,42)/t29-,30-/m0/s1. The summed E-state index contributed by atoms with van der Waals surface area (Å²) < 4.78 is 12.7. The number of rotatable bonds is 7. The highest BCUT2D eigenvalue weighted by molar-refractivity contribution is 7.80. The van der Waals surface area contributed by atoms with Crippen molar-refractivity contribution in [3.8, 4) is 11.4 Å². The summed E-state index contributed by atoms with van der Waals surface area (Å²) in [5.74, 6) is 0.431. The van der Waals surface area contributed by atoms with Crippen LogP contribution in [0.4, 0.5) is 17.1 Å². The number of nitrogens with zero attached hydrogens (tertiary/aromatic N) is 5. The van der Waals surface area contributed by atoms with Gasteiger partial charge in [-0.25, -0.2) is 0 Å². The fourth-order valence-corrected chi connectivity index (χ4v) is 6.36. The minimum absolute atomic E-state index is 0.0281. The Bertz CT molecular complexity index is 1620. The molecule has 216 valence electrons. The first kappa shape index (κ1) is 27.7. The summed E-state index contributed by atoms with van der Waals surface area (Å²) in [5, 5.41) is 16.2. The third kappa shape index (κ3) is 4.94. The van der Waals surface area contributed by atoms with Crippen LogP contribution in [0.25, 0.3) is 5.69 Å². The molecular formula is C31H32N6O4S. The highest BCUT2D eigenvalue weighted by Crippen LogP contribution is 2.44. The Hall–Kier alpha value is -4.48. The van der Waals surface area contributed by atoms with Gasteiger partial charge in [-0.15, -0.1) is 0 Å². The van der Waals surface area contributed by atoms with Crippen molar-refractivity contribution in [1.29, 1.82) is 0 Å². The van der Waals surface area contributed by atoms with Gasteiger partial charge in [-0.05, 0) is 86.2 Å². The van der Waals surface area contributed by atoms with E-state index in [1.807, 2.05) is 36.6 Å². The highest BCUT2D eigenvalue weighted by atomic mass is 32.1. The minimum atomic E-state index is -0.373. The molecule has 2 aromatic carbocycles. The third-order valence-electron chi connectivity index (χ3n) is 8.01. The van der Waals surface area contributed by atoms with Gasteiger partial charge in [0.15, 0.2) is 5.11 Å². The molecule has 0 amide bonds. The number of ether oxygens (including phenoxy) is 2. The second kappa shape index (κ2) is 11.4.